The number of alkyl halides is 1. The number of ether oxygens (including phenoxy) is 4. The third-order valence-electron chi connectivity index (χ3n) is 11.8. The van der Waals surface area contributed by atoms with E-state index in [2.05, 4.69) is 36.9 Å². The largest absolute Gasteiger partial charge is 0.380 e. The minimum absolute atomic E-state index is 0.000796. The van der Waals surface area contributed by atoms with Crippen LogP contribution in [-0.4, -0.2) is 167 Å². The number of aliphatic hydroxyl groups is 2. The number of carbonyl (C=O) groups is 2. The monoisotopic (exact) mass is 1120 g/mol. The van der Waals surface area contributed by atoms with Gasteiger partial charge in [0, 0.05) is 66.8 Å². The Morgan fingerprint density at radius 2 is 1.28 bits per heavy atom. The third kappa shape index (κ3) is 18.7. The number of rotatable bonds is 33. The van der Waals surface area contributed by atoms with Crippen molar-refractivity contribution >= 4 is 78.3 Å². The van der Waals surface area contributed by atoms with Crippen molar-refractivity contribution in [3.05, 3.63) is 105 Å². The Labute approximate surface area is 443 Å². The van der Waals surface area contributed by atoms with Gasteiger partial charge in [-0.15, -0.1) is 11.6 Å². The van der Waals surface area contributed by atoms with Crippen LogP contribution in [0.15, 0.2) is 82.1 Å². The molecule has 1 heterocycles. The molecule has 402 valence electrons. The van der Waals surface area contributed by atoms with Crippen LogP contribution in [0.4, 0.5) is 0 Å². The molecule has 4 rings (SSSR count). The predicted octanol–water partition coefficient (Wildman–Crippen LogP) is 3.93. The molecule has 3 aromatic rings. The summed E-state index contributed by atoms with van der Waals surface area (Å²) in [6.45, 7) is 10.2. The average molecular weight is 1130 g/mol. The van der Waals surface area contributed by atoms with Crippen LogP contribution in [0.2, 0.25) is 10.0 Å². The first-order chi connectivity index (χ1) is 34.1. The number of nitrogens with zero attached hydrogens (tertiary/aromatic N) is 1. The Morgan fingerprint density at radius 3 is 1.78 bits per heavy atom. The van der Waals surface area contributed by atoms with Crippen molar-refractivity contribution in [1.29, 1.82) is 0 Å². The summed E-state index contributed by atoms with van der Waals surface area (Å²) < 4.78 is 79.3. The zero-order chi connectivity index (χ0) is 53.1. The van der Waals surface area contributed by atoms with Crippen molar-refractivity contribution in [1.82, 2.24) is 30.3 Å². The summed E-state index contributed by atoms with van der Waals surface area (Å²) in [6.07, 6.45) is -3.65. The van der Waals surface area contributed by atoms with Gasteiger partial charge in [-0.3, -0.25) is 9.59 Å². The van der Waals surface area contributed by atoms with Gasteiger partial charge in [0.05, 0.1) is 67.5 Å². The van der Waals surface area contributed by atoms with Gasteiger partial charge in [-0.05, 0) is 91.0 Å². The number of amides is 2. The molecule has 0 saturated heterocycles. The van der Waals surface area contributed by atoms with Gasteiger partial charge in [0.15, 0.2) is 12.2 Å². The van der Waals surface area contributed by atoms with Crippen LogP contribution in [0.3, 0.4) is 0 Å². The van der Waals surface area contributed by atoms with E-state index < -0.39 is 48.9 Å². The fourth-order valence-electron chi connectivity index (χ4n) is 7.83. The van der Waals surface area contributed by atoms with Gasteiger partial charge >= 0.3 is 0 Å². The summed E-state index contributed by atoms with van der Waals surface area (Å²) in [5.41, 5.74) is 3.53. The molecule has 3 unspecified atom stereocenters. The molecule has 0 aromatic heterocycles. The van der Waals surface area contributed by atoms with Crippen molar-refractivity contribution in [3.63, 3.8) is 0 Å². The number of fused-ring (bicyclic) bond motifs is 1. The number of allylic oxidation sites excluding steroid dienone is 1. The van der Waals surface area contributed by atoms with Gasteiger partial charge in [-0.1, -0.05) is 79.5 Å². The molecule has 0 aliphatic carbocycles. The summed E-state index contributed by atoms with van der Waals surface area (Å²) in [4.78, 5) is 26.1. The molecule has 0 spiro atoms. The van der Waals surface area contributed by atoms with Crippen molar-refractivity contribution < 1.29 is 55.6 Å². The maximum absolute atomic E-state index is 13.1. The van der Waals surface area contributed by atoms with Crippen LogP contribution in [0.25, 0.3) is 0 Å². The summed E-state index contributed by atoms with van der Waals surface area (Å²) in [6, 6.07) is 17.0. The maximum atomic E-state index is 13.1. The van der Waals surface area contributed by atoms with Gasteiger partial charge in [-0.2, -0.15) is 0 Å². The fraction of sp³-hybridized carbons (Fsp3) is 0.542. The van der Waals surface area contributed by atoms with E-state index in [-0.39, 0.29) is 107 Å². The molecule has 1 aliphatic rings. The van der Waals surface area contributed by atoms with E-state index in [9.17, 15) is 36.6 Å². The molecular weight excluding hydrogens is 1060 g/mol. The molecule has 7 N–H and O–H groups in total. The van der Waals surface area contributed by atoms with Crippen LogP contribution < -0.4 is 25.4 Å². The van der Waals surface area contributed by atoms with E-state index in [1.54, 1.807) is 37.4 Å². The van der Waals surface area contributed by atoms with Crippen LogP contribution in [0.1, 0.15) is 54.4 Å². The highest BCUT2D eigenvalue weighted by atomic mass is 35.5. The second-order valence-electron chi connectivity index (χ2n) is 17.4. The average Bonchev–Trinajstić information content (AvgIpc) is 3.34. The van der Waals surface area contributed by atoms with E-state index >= 15 is 0 Å². The van der Waals surface area contributed by atoms with Crippen molar-refractivity contribution in [2.45, 2.75) is 65.5 Å². The molecule has 18 nitrogen and oxygen atoms in total. The zero-order valence-electron chi connectivity index (χ0n) is 40.9. The predicted molar refractivity (Wildman–Crippen MR) is 279 cm³/mol. The Hall–Kier alpha value is -3.00. The quantitative estimate of drug-likeness (QED) is 0.0338. The molecule has 0 fully saturated rings. The lowest BCUT2D eigenvalue weighted by Crippen LogP contribution is -2.50. The Kier molecular flexibility index (Phi) is 25.6. The molecule has 1 aliphatic heterocycles. The topological polar surface area (TPSA) is 243 Å². The summed E-state index contributed by atoms with van der Waals surface area (Å²) >= 11 is 26.0. The number of likely N-dealkylation sites (N-methyl/N-ethyl adjacent to an activating group) is 2. The van der Waals surface area contributed by atoms with E-state index in [4.69, 9.17) is 65.4 Å². The van der Waals surface area contributed by atoms with Gasteiger partial charge in [0.2, 0.25) is 20.0 Å². The van der Waals surface area contributed by atoms with E-state index in [1.807, 2.05) is 39.1 Å². The first kappa shape index (κ1) is 61.5. The smallest absolute Gasteiger partial charge is 0.252 e. The van der Waals surface area contributed by atoms with Crippen molar-refractivity contribution in [2.24, 2.45) is 5.92 Å². The van der Waals surface area contributed by atoms with Gasteiger partial charge in [0.1, 0.15) is 0 Å². The number of nitrogens with one attached hydrogen (secondary N) is 5. The zero-order valence-corrected chi connectivity index (χ0v) is 45.6. The Morgan fingerprint density at radius 1 is 0.778 bits per heavy atom. The number of hydrogen-bond acceptors (Lipinski definition) is 14. The highest BCUT2D eigenvalue weighted by Crippen LogP contribution is 2.43. The number of sulfonamides is 2. The lowest BCUT2D eigenvalue weighted by Gasteiger charge is -2.34. The molecule has 2 amide bonds. The highest BCUT2D eigenvalue weighted by Gasteiger charge is 2.37. The number of benzene rings is 3. The lowest BCUT2D eigenvalue weighted by molar-refractivity contribution is -0.146. The summed E-state index contributed by atoms with van der Waals surface area (Å²) in [5.74, 6) is -2.26. The number of carbonyl (C=O) groups excluding carboxylic acids is 2. The van der Waals surface area contributed by atoms with Crippen LogP contribution in [0.5, 0.6) is 0 Å². The molecule has 0 bridgehead atoms. The first-order valence-electron chi connectivity index (χ1n) is 23.4. The second kappa shape index (κ2) is 29.9. The van der Waals surface area contributed by atoms with E-state index in [0.717, 1.165) is 22.3 Å². The Balaban J connectivity index is 1.02. The van der Waals surface area contributed by atoms with Crippen molar-refractivity contribution in [2.75, 3.05) is 106 Å². The molecule has 24 heteroatoms. The van der Waals surface area contributed by atoms with Crippen molar-refractivity contribution in [3.8, 4) is 0 Å². The standard InChI is InChI=1S/C48H68Cl4N6O12S2/c1-32(2)48(52,33(3)49)28-36(29-53-4)34-8-6-10-38(24-34)71(63,64)56-14-18-69-22-20-67-16-12-54-46(61)44(59)45(60)47(62)55-13-17-68-21-23-70-19-15-57-72(65,66)39-11-7-9-35(25-39)41-30-58(5)31-42-40(41)26-37(50)27-43(42)51/h6-11,24-27,32,36,41,44-45,53,56-57,59-60H,3,12-23,28-31H2,1-2,4-5H3,(H,54,61)(H,55,62)/t36?,41?,44-,45-,48?/m1/s1. The Bertz CT molecular complexity index is 2480. The number of aliphatic hydroxyl groups excluding tert-OH is 2. The number of hydrogen-bond donors (Lipinski definition) is 7. The molecule has 0 saturated carbocycles. The first-order valence-corrected chi connectivity index (χ1v) is 27.9. The highest BCUT2D eigenvalue weighted by molar-refractivity contribution is 7.89. The third-order valence-corrected chi connectivity index (χ3v) is 16.5. The molecule has 0 radical (unpaired) electrons. The second-order valence-corrected chi connectivity index (χ2v) is 23.0. The van der Waals surface area contributed by atoms with E-state index in [0.29, 0.717) is 41.1 Å². The number of halogens is 4. The molecule has 5 atom stereocenters. The molecular formula is C48H68Cl4N6O12S2. The summed E-state index contributed by atoms with van der Waals surface area (Å²) in [5, 5.41) is 29.7. The minimum Gasteiger partial charge on any atom is -0.380 e. The SMILES string of the molecule is C=C(Cl)C(Cl)(CC(CNC)c1cccc(S(=O)(=O)NCCOCCOCCNC(=O)[C@H](O)[C@@H](O)C(=O)NCCOCCOCCNS(=O)(=O)c2cccc(C3CN(C)Cc4c(Cl)cc(Cl)cc43)c2)c1)C(C)C. The molecule has 72 heavy (non-hydrogen) atoms. The van der Waals surface area contributed by atoms with Crippen LogP contribution in [0, 0.1) is 5.92 Å². The normalized spacial score (nSPS) is 16.4. The minimum atomic E-state index is -3.86. The van der Waals surface area contributed by atoms with Gasteiger partial charge in [-0.25, -0.2) is 26.3 Å². The fourth-order valence-corrected chi connectivity index (χ4v) is 11.0. The van der Waals surface area contributed by atoms with E-state index in [1.165, 1.54) is 12.1 Å². The lowest BCUT2D eigenvalue weighted by atomic mass is 9.82. The maximum Gasteiger partial charge on any atom is 0.252 e. The van der Waals surface area contributed by atoms with Crippen LogP contribution >= 0.6 is 46.4 Å². The molecule has 3 aromatic carbocycles. The van der Waals surface area contributed by atoms with Gasteiger partial charge < -0.3 is 50.0 Å². The summed E-state index contributed by atoms with van der Waals surface area (Å²) in [7, 11) is -3.93. The van der Waals surface area contributed by atoms with Crippen LogP contribution in [-0.2, 0) is 55.1 Å². The van der Waals surface area contributed by atoms with Gasteiger partial charge in [0.25, 0.3) is 11.8 Å².